The third-order valence-electron chi connectivity index (χ3n) is 4.58. The van der Waals surface area contributed by atoms with Crippen molar-refractivity contribution in [3.05, 3.63) is 0 Å². The molecule has 182 valence electrons. The molecule has 0 aliphatic heterocycles. The molecule has 13 heteroatoms. The van der Waals surface area contributed by atoms with E-state index in [4.69, 9.17) is 16.6 Å². The largest absolute Gasteiger partial charge is 0.481 e. The molecule has 0 rings (SSSR count). The first kappa shape index (κ1) is 28.8. The summed E-state index contributed by atoms with van der Waals surface area (Å²) in [4.78, 5) is 71.2. The molecule has 0 aromatic carbocycles. The average molecular weight is 460 g/mol. The topological polar surface area (TPSA) is 231 Å². The van der Waals surface area contributed by atoms with Gasteiger partial charge in [-0.05, 0) is 18.3 Å². The second-order valence-corrected chi connectivity index (χ2v) is 8.06. The van der Waals surface area contributed by atoms with Gasteiger partial charge in [0, 0.05) is 6.42 Å². The van der Waals surface area contributed by atoms with E-state index >= 15 is 0 Å². The van der Waals surface area contributed by atoms with Gasteiger partial charge in [0.2, 0.25) is 23.6 Å². The molecule has 0 saturated carbocycles. The van der Waals surface area contributed by atoms with Crippen LogP contribution in [-0.4, -0.2) is 69.9 Å². The van der Waals surface area contributed by atoms with Gasteiger partial charge in [0.1, 0.15) is 18.1 Å². The lowest BCUT2D eigenvalue weighted by Crippen LogP contribution is -2.58. The predicted molar refractivity (Wildman–Crippen MR) is 112 cm³/mol. The van der Waals surface area contributed by atoms with Crippen molar-refractivity contribution in [2.24, 2.45) is 23.3 Å². The monoisotopic (exact) mass is 459 g/mol. The highest BCUT2D eigenvalue weighted by atomic mass is 16.4. The Bertz CT molecular complexity index is 725. The predicted octanol–water partition coefficient (Wildman–Crippen LogP) is -2.10. The molecular weight excluding hydrogens is 426 g/mol. The molecule has 0 fully saturated rings. The van der Waals surface area contributed by atoms with Crippen LogP contribution in [0.25, 0.3) is 0 Å². The van der Waals surface area contributed by atoms with Crippen LogP contribution in [0.15, 0.2) is 0 Å². The number of amides is 4. The fourth-order valence-corrected chi connectivity index (χ4v) is 2.55. The molecule has 9 N–H and O–H groups in total. The highest BCUT2D eigenvalue weighted by Gasteiger charge is 2.32. The third-order valence-corrected chi connectivity index (χ3v) is 4.58. The Labute approximate surface area is 185 Å². The number of hydrogen-bond donors (Lipinski definition) is 7. The zero-order chi connectivity index (χ0) is 25.2. The average Bonchev–Trinajstić information content (AvgIpc) is 2.66. The molecule has 0 aromatic heterocycles. The van der Waals surface area contributed by atoms with Gasteiger partial charge in [0.05, 0.1) is 12.5 Å². The highest BCUT2D eigenvalue weighted by molar-refractivity contribution is 5.95. The Morgan fingerprint density at radius 3 is 1.69 bits per heavy atom. The summed E-state index contributed by atoms with van der Waals surface area (Å²) in [7, 11) is 0. The highest BCUT2D eigenvalue weighted by Crippen LogP contribution is 2.06. The first-order chi connectivity index (χ1) is 14.7. The summed E-state index contributed by atoms with van der Waals surface area (Å²) in [6.45, 7) is 6.45. The summed E-state index contributed by atoms with van der Waals surface area (Å²) in [5, 5.41) is 25.1. The quantitative estimate of drug-likeness (QED) is 0.151. The maximum Gasteiger partial charge on any atom is 0.326 e. The SMILES string of the molecule is CC(C)C(N)C(=O)NC(CC(=O)O)C(=O)NC(CCC(N)=O)C(=O)NC(C(=O)O)C(C)C. The van der Waals surface area contributed by atoms with Crippen molar-refractivity contribution >= 4 is 35.6 Å². The third kappa shape index (κ3) is 10.2. The van der Waals surface area contributed by atoms with E-state index in [-0.39, 0.29) is 18.8 Å². The van der Waals surface area contributed by atoms with Crippen LogP contribution in [0, 0.1) is 11.8 Å². The van der Waals surface area contributed by atoms with Gasteiger partial charge >= 0.3 is 11.9 Å². The van der Waals surface area contributed by atoms with Crippen molar-refractivity contribution < 1.29 is 39.0 Å². The number of carboxylic acids is 2. The minimum atomic E-state index is -1.56. The van der Waals surface area contributed by atoms with Crippen molar-refractivity contribution in [3.63, 3.8) is 0 Å². The summed E-state index contributed by atoms with van der Waals surface area (Å²) in [6.07, 6.45) is -1.38. The molecule has 0 saturated heterocycles. The number of nitrogens with one attached hydrogen (secondary N) is 3. The molecule has 0 heterocycles. The first-order valence-corrected chi connectivity index (χ1v) is 10.1. The molecule has 4 atom stereocenters. The summed E-state index contributed by atoms with van der Waals surface area (Å²) in [6, 6.07) is -5.24. The fourth-order valence-electron chi connectivity index (χ4n) is 2.55. The number of aliphatic carboxylic acids is 2. The second-order valence-electron chi connectivity index (χ2n) is 8.06. The normalized spacial score (nSPS) is 14.7. The maximum atomic E-state index is 12.7. The van der Waals surface area contributed by atoms with Gasteiger partial charge in [-0.2, -0.15) is 0 Å². The van der Waals surface area contributed by atoms with E-state index in [1.54, 1.807) is 27.7 Å². The van der Waals surface area contributed by atoms with E-state index in [1.807, 2.05) is 0 Å². The summed E-state index contributed by atoms with van der Waals surface area (Å²) < 4.78 is 0. The number of carbonyl (C=O) groups is 6. The van der Waals surface area contributed by atoms with Crippen molar-refractivity contribution in [2.45, 2.75) is 71.1 Å². The molecule has 0 aromatic rings. The van der Waals surface area contributed by atoms with Crippen LogP contribution < -0.4 is 27.4 Å². The molecule has 0 aliphatic carbocycles. The second kappa shape index (κ2) is 13.2. The molecule has 13 nitrogen and oxygen atoms in total. The summed E-state index contributed by atoms with van der Waals surface area (Å²) >= 11 is 0. The van der Waals surface area contributed by atoms with Gasteiger partial charge in [-0.3, -0.25) is 24.0 Å². The van der Waals surface area contributed by atoms with Gasteiger partial charge in [0.15, 0.2) is 0 Å². The standard InChI is InChI=1S/C19H33N5O8/c1-8(2)14(21)18(30)23-11(7-13(26)27)17(29)22-10(5-6-12(20)25)16(28)24-15(9(3)4)19(31)32/h8-11,14-15H,5-7,21H2,1-4H3,(H2,20,25)(H,22,29)(H,23,30)(H,24,28)(H,26,27)(H,31,32). The van der Waals surface area contributed by atoms with Gasteiger partial charge < -0.3 is 37.6 Å². The van der Waals surface area contributed by atoms with Gasteiger partial charge in [-0.25, -0.2) is 4.79 Å². The molecule has 4 amide bonds. The number of primary amides is 1. The zero-order valence-corrected chi connectivity index (χ0v) is 18.6. The Hall–Kier alpha value is -3.22. The molecule has 0 aliphatic rings. The summed E-state index contributed by atoms with van der Waals surface area (Å²) in [5.41, 5.74) is 10.8. The lowest BCUT2D eigenvalue weighted by Gasteiger charge is -2.25. The molecule has 4 unspecified atom stereocenters. The number of hydrogen-bond acceptors (Lipinski definition) is 7. The van der Waals surface area contributed by atoms with Crippen molar-refractivity contribution in [1.29, 1.82) is 0 Å². The Morgan fingerprint density at radius 2 is 1.28 bits per heavy atom. The Balaban J connectivity index is 5.60. The first-order valence-electron chi connectivity index (χ1n) is 10.1. The van der Waals surface area contributed by atoms with E-state index in [0.717, 1.165) is 0 Å². The van der Waals surface area contributed by atoms with Crippen LogP contribution in [0.5, 0.6) is 0 Å². The maximum absolute atomic E-state index is 12.7. The Kier molecular flexibility index (Phi) is 11.9. The minimum absolute atomic E-state index is 0.267. The number of carbonyl (C=O) groups excluding carboxylic acids is 4. The zero-order valence-electron chi connectivity index (χ0n) is 18.6. The van der Waals surface area contributed by atoms with E-state index in [1.165, 1.54) is 0 Å². The lowest BCUT2D eigenvalue weighted by atomic mass is 10.0. The van der Waals surface area contributed by atoms with Crippen LogP contribution in [0.4, 0.5) is 0 Å². The van der Waals surface area contributed by atoms with Crippen LogP contribution >= 0.6 is 0 Å². The number of rotatable bonds is 14. The minimum Gasteiger partial charge on any atom is -0.481 e. The van der Waals surface area contributed by atoms with Gasteiger partial charge in [0.25, 0.3) is 0 Å². The number of carboxylic acid groups (broad SMARTS) is 2. The number of nitrogens with two attached hydrogens (primary N) is 2. The van der Waals surface area contributed by atoms with E-state index < -0.39 is 72.1 Å². The molecule has 0 radical (unpaired) electrons. The molecule has 0 spiro atoms. The van der Waals surface area contributed by atoms with E-state index in [2.05, 4.69) is 16.0 Å². The summed E-state index contributed by atoms with van der Waals surface area (Å²) in [5.74, 6) is -6.92. The van der Waals surface area contributed by atoms with Crippen LogP contribution in [0.1, 0.15) is 47.0 Å². The van der Waals surface area contributed by atoms with E-state index in [0.29, 0.717) is 0 Å². The molecule has 32 heavy (non-hydrogen) atoms. The van der Waals surface area contributed by atoms with Crippen LogP contribution in [0.3, 0.4) is 0 Å². The van der Waals surface area contributed by atoms with Gasteiger partial charge in [-0.15, -0.1) is 0 Å². The molecule has 0 bridgehead atoms. The van der Waals surface area contributed by atoms with Crippen molar-refractivity contribution in [3.8, 4) is 0 Å². The van der Waals surface area contributed by atoms with E-state index in [9.17, 15) is 33.9 Å². The lowest BCUT2D eigenvalue weighted by molar-refractivity contribution is -0.144. The molecular formula is C19H33N5O8. The van der Waals surface area contributed by atoms with Crippen LogP contribution in [-0.2, 0) is 28.8 Å². The van der Waals surface area contributed by atoms with Gasteiger partial charge in [-0.1, -0.05) is 27.7 Å². The van der Waals surface area contributed by atoms with Crippen molar-refractivity contribution in [2.75, 3.05) is 0 Å². The smallest absolute Gasteiger partial charge is 0.326 e. The van der Waals surface area contributed by atoms with Crippen molar-refractivity contribution in [1.82, 2.24) is 16.0 Å². The van der Waals surface area contributed by atoms with Crippen LogP contribution in [0.2, 0.25) is 0 Å². The Morgan fingerprint density at radius 1 is 0.781 bits per heavy atom. The fraction of sp³-hybridized carbons (Fsp3) is 0.684.